The summed E-state index contributed by atoms with van der Waals surface area (Å²) < 4.78 is 5.64. The molecule has 0 bridgehead atoms. The molecule has 1 aromatic heterocycles. The molecular weight excluding hydrogens is 483 g/mol. The van der Waals surface area contributed by atoms with Crippen LogP contribution in [0.2, 0.25) is 0 Å². The third kappa shape index (κ3) is 11.0. The second kappa shape index (κ2) is 15.5. The minimum atomic E-state index is 0. The van der Waals surface area contributed by atoms with Gasteiger partial charge in [-0.25, -0.2) is 0 Å². The van der Waals surface area contributed by atoms with Crippen LogP contribution >= 0.6 is 35.3 Å². The van der Waals surface area contributed by atoms with Gasteiger partial charge in [-0.3, -0.25) is 9.89 Å². The summed E-state index contributed by atoms with van der Waals surface area (Å²) in [5.41, 5.74) is 0. The van der Waals surface area contributed by atoms with E-state index in [4.69, 9.17) is 9.73 Å². The standard InChI is InChI=1S/C21H38N4OS.HI/c1-4-22-21(23-10-6-13-26-17-18(2)3)24-15-19-8-11-25(12-9-19)16-20-7-5-14-27-20;/h5,7,14,18-19H,4,6,8-13,15-17H2,1-3H3,(H2,22,23,24);1H. The molecule has 0 radical (unpaired) electrons. The topological polar surface area (TPSA) is 48.9 Å². The zero-order valence-electron chi connectivity index (χ0n) is 17.8. The van der Waals surface area contributed by atoms with Crippen LogP contribution in [0.4, 0.5) is 0 Å². The van der Waals surface area contributed by atoms with Crippen LogP contribution in [0, 0.1) is 11.8 Å². The highest BCUT2D eigenvalue weighted by molar-refractivity contribution is 14.0. The first kappa shape index (κ1) is 25.7. The average Bonchev–Trinajstić information content (AvgIpc) is 3.16. The molecule has 1 aromatic rings. The van der Waals surface area contributed by atoms with Gasteiger partial charge >= 0.3 is 0 Å². The Balaban J connectivity index is 0.00000392. The molecule has 1 aliphatic heterocycles. The van der Waals surface area contributed by atoms with E-state index in [2.05, 4.69) is 53.8 Å². The molecule has 1 fully saturated rings. The molecular formula is C21H39IN4OS. The summed E-state index contributed by atoms with van der Waals surface area (Å²) in [6.07, 6.45) is 3.51. The van der Waals surface area contributed by atoms with Gasteiger partial charge in [0.15, 0.2) is 5.96 Å². The maximum Gasteiger partial charge on any atom is 0.191 e. The highest BCUT2D eigenvalue weighted by Crippen LogP contribution is 2.20. The van der Waals surface area contributed by atoms with E-state index in [-0.39, 0.29) is 24.0 Å². The Hall–Kier alpha value is -0.380. The van der Waals surface area contributed by atoms with Crippen molar-refractivity contribution in [3.05, 3.63) is 22.4 Å². The number of aliphatic imine (C=N–C) groups is 1. The summed E-state index contributed by atoms with van der Waals surface area (Å²) in [5.74, 6) is 2.25. The summed E-state index contributed by atoms with van der Waals surface area (Å²) >= 11 is 1.86. The Labute approximate surface area is 192 Å². The average molecular weight is 523 g/mol. The zero-order chi connectivity index (χ0) is 19.3. The van der Waals surface area contributed by atoms with E-state index in [1.165, 1.54) is 30.8 Å². The number of nitrogens with zero attached hydrogens (tertiary/aromatic N) is 2. The molecule has 0 aliphatic carbocycles. The van der Waals surface area contributed by atoms with Gasteiger partial charge in [0.25, 0.3) is 0 Å². The molecule has 5 nitrogen and oxygen atoms in total. The highest BCUT2D eigenvalue weighted by Gasteiger charge is 2.19. The molecule has 2 heterocycles. The molecule has 1 aliphatic rings. The van der Waals surface area contributed by atoms with Gasteiger partial charge in [-0.1, -0.05) is 19.9 Å². The van der Waals surface area contributed by atoms with Crippen molar-refractivity contribution in [2.75, 3.05) is 45.9 Å². The van der Waals surface area contributed by atoms with Gasteiger partial charge < -0.3 is 15.4 Å². The smallest absolute Gasteiger partial charge is 0.191 e. The van der Waals surface area contributed by atoms with Crippen LogP contribution < -0.4 is 10.6 Å². The van der Waals surface area contributed by atoms with Crippen molar-refractivity contribution in [2.24, 2.45) is 16.8 Å². The maximum absolute atomic E-state index is 5.64. The number of nitrogens with one attached hydrogen (secondary N) is 2. The molecule has 7 heteroatoms. The van der Waals surface area contributed by atoms with Gasteiger partial charge in [0, 0.05) is 44.3 Å². The number of piperidine rings is 1. The number of guanidine groups is 1. The first-order valence-electron chi connectivity index (χ1n) is 10.5. The summed E-state index contributed by atoms with van der Waals surface area (Å²) in [4.78, 5) is 8.87. The van der Waals surface area contributed by atoms with Crippen LogP contribution in [-0.4, -0.2) is 56.8 Å². The molecule has 2 N–H and O–H groups in total. The van der Waals surface area contributed by atoms with Crippen LogP contribution in [0.25, 0.3) is 0 Å². The fourth-order valence-corrected chi connectivity index (χ4v) is 3.96. The summed E-state index contributed by atoms with van der Waals surface area (Å²) in [7, 11) is 0. The predicted octanol–water partition coefficient (Wildman–Crippen LogP) is 4.20. The maximum atomic E-state index is 5.64. The minimum Gasteiger partial charge on any atom is -0.381 e. The zero-order valence-corrected chi connectivity index (χ0v) is 20.9. The van der Waals surface area contributed by atoms with Crippen LogP contribution in [-0.2, 0) is 11.3 Å². The Bertz CT molecular complexity index is 516. The quantitative estimate of drug-likeness (QED) is 0.198. The van der Waals surface area contributed by atoms with Crippen molar-refractivity contribution >= 4 is 41.3 Å². The van der Waals surface area contributed by atoms with Crippen LogP contribution in [0.5, 0.6) is 0 Å². The lowest BCUT2D eigenvalue weighted by molar-refractivity contribution is 0.108. The fraction of sp³-hybridized carbons (Fsp3) is 0.762. The molecule has 0 saturated carbocycles. The third-order valence-corrected chi connectivity index (χ3v) is 5.59. The normalized spacial score (nSPS) is 16.2. The largest absolute Gasteiger partial charge is 0.381 e. The Morgan fingerprint density at radius 3 is 2.75 bits per heavy atom. The number of rotatable bonds is 11. The lowest BCUT2D eigenvalue weighted by atomic mass is 9.97. The van der Waals surface area contributed by atoms with Crippen molar-refractivity contribution < 1.29 is 4.74 Å². The lowest BCUT2D eigenvalue weighted by Gasteiger charge is -2.31. The van der Waals surface area contributed by atoms with Crippen molar-refractivity contribution in [2.45, 2.75) is 46.6 Å². The van der Waals surface area contributed by atoms with Crippen molar-refractivity contribution in [3.8, 4) is 0 Å². The first-order valence-corrected chi connectivity index (χ1v) is 11.4. The van der Waals surface area contributed by atoms with E-state index in [1.54, 1.807) is 0 Å². The van der Waals surface area contributed by atoms with Gasteiger partial charge in [-0.05, 0) is 62.6 Å². The molecule has 0 amide bonds. The molecule has 0 aromatic carbocycles. The van der Waals surface area contributed by atoms with E-state index in [9.17, 15) is 0 Å². The predicted molar refractivity (Wildman–Crippen MR) is 132 cm³/mol. The third-order valence-electron chi connectivity index (χ3n) is 4.73. The number of halogens is 1. The molecule has 0 unspecified atom stereocenters. The van der Waals surface area contributed by atoms with E-state index < -0.39 is 0 Å². The Morgan fingerprint density at radius 1 is 1.32 bits per heavy atom. The van der Waals surface area contributed by atoms with Gasteiger partial charge in [0.05, 0.1) is 0 Å². The van der Waals surface area contributed by atoms with Crippen molar-refractivity contribution in [1.82, 2.24) is 15.5 Å². The Kier molecular flexibility index (Phi) is 14.2. The van der Waals surface area contributed by atoms with Crippen LogP contribution in [0.3, 0.4) is 0 Å². The minimum absolute atomic E-state index is 0. The number of thiophene rings is 1. The van der Waals surface area contributed by atoms with Gasteiger partial charge in [-0.15, -0.1) is 35.3 Å². The number of likely N-dealkylation sites (tertiary alicyclic amines) is 1. The molecule has 0 atom stereocenters. The molecule has 28 heavy (non-hydrogen) atoms. The van der Waals surface area contributed by atoms with E-state index in [1.807, 2.05) is 11.3 Å². The fourth-order valence-electron chi connectivity index (χ4n) is 3.21. The number of hydrogen-bond donors (Lipinski definition) is 2. The van der Waals surface area contributed by atoms with E-state index >= 15 is 0 Å². The number of hydrogen-bond acceptors (Lipinski definition) is 4. The summed E-state index contributed by atoms with van der Waals surface area (Å²) in [6, 6.07) is 4.39. The van der Waals surface area contributed by atoms with Crippen LogP contribution in [0.15, 0.2) is 22.5 Å². The summed E-state index contributed by atoms with van der Waals surface area (Å²) in [6.45, 7) is 14.4. The monoisotopic (exact) mass is 522 g/mol. The lowest BCUT2D eigenvalue weighted by Crippen LogP contribution is -2.39. The molecule has 1 saturated heterocycles. The molecule has 0 spiro atoms. The summed E-state index contributed by atoms with van der Waals surface area (Å²) in [5, 5.41) is 8.96. The van der Waals surface area contributed by atoms with E-state index in [0.717, 1.165) is 51.8 Å². The highest BCUT2D eigenvalue weighted by atomic mass is 127. The second-order valence-electron chi connectivity index (χ2n) is 7.77. The molecule has 162 valence electrons. The van der Waals surface area contributed by atoms with Gasteiger partial charge in [0.2, 0.25) is 0 Å². The van der Waals surface area contributed by atoms with Gasteiger partial charge in [0.1, 0.15) is 0 Å². The number of ether oxygens (including phenoxy) is 1. The Morgan fingerprint density at radius 2 is 2.11 bits per heavy atom. The van der Waals surface area contributed by atoms with Gasteiger partial charge in [-0.2, -0.15) is 0 Å². The van der Waals surface area contributed by atoms with Crippen LogP contribution in [0.1, 0.15) is 44.9 Å². The van der Waals surface area contributed by atoms with E-state index in [0.29, 0.717) is 11.8 Å². The second-order valence-corrected chi connectivity index (χ2v) is 8.80. The van der Waals surface area contributed by atoms with Crippen molar-refractivity contribution in [3.63, 3.8) is 0 Å². The molecule has 2 rings (SSSR count). The SMILES string of the molecule is CCNC(=NCC1CCN(Cc2cccs2)CC1)NCCCOCC(C)C.I. The first-order chi connectivity index (χ1) is 13.2. The van der Waals surface area contributed by atoms with Crippen molar-refractivity contribution in [1.29, 1.82) is 0 Å².